The van der Waals surface area contributed by atoms with E-state index in [1.54, 1.807) is 12.0 Å². The van der Waals surface area contributed by atoms with Gasteiger partial charge in [0.15, 0.2) is 0 Å². The van der Waals surface area contributed by atoms with Crippen LogP contribution in [-0.2, 0) is 9.53 Å². The molecule has 2 aliphatic heterocycles. The van der Waals surface area contributed by atoms with Gasteiger partial charge in [-0.25, -0.2) is 4.79 Å². The number of amides is 2. The molecule has 3 atom stereocenters. The van der Waals surface area contributed by atoms with Gasteiger partial charge in [0.1, 0.15) is 0 Å². The van der Waals surface area contributed by atoms with Gasteiger partial charge in [0.2, 0.25) is 0 Å². The highest BCUT2D eigenvalue weighted by atomic mass is 16.5. The number of aliphatic carboxylic acids is 1. The quantitative estimate of drug-likeness (QED) is 0.851. The van der Waals surface area contributed by atoms with Crippen molar-refractivity contribution in [3.63, 3.8) is 0 Å². The number of rotatable bonds is 4. The van der Waals surface area contributed by atoms with Crippen molar-refractivity contribution in [3.8, 4) is 0 Å². The summed E-state index contributed by atoms with van der Waals surface area (Å²) in [6.45, 7) is 1.97. The number of fused-ring (bicyclic) bond motifs is 1. The fourth-order valence-corrected chi connectivity index (χ4v) is 3.61. The van der Waals surface area contributed by atoms with Crippen molar-refractivity contribution in [2.24, 2.45) is 11.8 Å². The number of ether oxygens (including phenoxy) is 1. The number of methoxy groups -OCH3 is 1. The van der Waals surface area contributed by atoms with Crippen LogP contribution in [0.4, 0.5) is 4.79 Å². The van der Waals surface area contributed by atoms with Crippen molar-refractivity contribution < 1.29 is 19.4 Å². The molecule has 0 bridgehead atoms. The molecule has 0 radical (unpaired) electrons. The summed E-state index contributed by atoms with van der Waals surface area (Å²) < 4.78 is 5.40. The Kier molecular flexibility index (Phi) is 4.06. The molecule has 2 saturated heterocycles. The molecule has 1 aliphatic carbocycles. The Balaban J connectivity index is 1.76. The van der Waals surface area contributed by atoms with Crippen LogP contribution in [0.2, 0.25) is 0 Å². The molecule has 3 rings (SSSR count). The molecular weight excluding hydrogens is 272 g/mol. The predicted molar refractivity (Wildman–Crippen MR) is 76.0 cm³/mol. The van der Waals surface area contributed by atoms with Crippen LogP contribution in [0.25, 0.3) is 0 Å². The molecule has 6 nitrogen and oxygen atoms in total. The van der Waals surface area contributed by atoms with Gasteiger partial charge in [-0.3, -0.25) is 4.79 Å². The van der Waals surface area contributed by atoms with Crippen LogP contribution in [0.1, 0.15) is 32.1 Å². The summed E-state index contributed by atoms with van der Waals surface area (Å²) in [4.78, 5) is 27.8. The van der Waals surface area contributed by atoms with E-state index >= 15 is 0 Å². The lowest BCUT2D eigenvalue weighted by atomic mass is 9.90. The molecule has 0 spiro atoms. The SMILES string of the molecule is COC1CC[C@@H](C(=O)O)[C@@H]2CN(CC3CC3)C(=O)N2CC1. The van der Waals surface area contributed by atoms with Crippen molar-refractivity contribution in [2.45, 2.75) is 44.2 Å². The number of hydrogen-bond acceptors (Lipinski definition) is 3. The number of carboxylic acids is 1. The molecule has 1 N–H and O–H groups in total. The van der Waals surface area contributed by atoms with E-state index in [1.807, 2.05) is 4.90 Å². The minimum absolute atomic E-state index is 0.0231. The third kappa shape index (κ3) is 3.00. The fourth-order valence-electron chi connectivity index (χ4n) is 3.61. The van der Waals surface area contributed by atoms with E-state index in [-0.39, 0.29) is 18.2 Å². The van der Waals surface area contributed by atoms with Gasteiger partial charge in [-0.1, -0.05) is 0 Å². The van der Waals surface area contributed by atoms with Crippen LogP contribution in [0, 0.1) is 11.8 Å². The van der Waals surface area contributed by atoms with Gasteiger partial charge in [-0.15, -0.1) is 0 Å². The second-order valence-corrected chi connectivity index (χ2v) is 6.56. The minimum atomic E-state index is -0.789. The molecule has 3 fully saturated rings. The zero-order chi connectivity index (χ0) is 15.0. The highest BCUT2D eigenvalue weighted by Crippen LogP contribution is 2.34. The summed E-state index contributed by atoms with van der Waals surface area (Å²) >= 11 is 0. The summed E-state index contributed by atoms with van der Waals surface area (Å²) in [6, 6.07) is -0.151. The van der Waals surface area contributed by atoms with E-state index in [0.29, 0.717) is 25.4 Å². The smallest absolute Gasteiger partial charge is 0.320 e. The topological polar surface area (TPSA) is 70.1 Å². The molecule has 0 aromatic heterocycles. The van der Waals surface area contributed by atoms with Crippen molar-refractivity contribution in [3.05, 3.63) is 0 Å². The molecular formula is C15H24N2O4. The Morgan fingerprint density at radius 2 is 2.05 bits per heavy atom. The van der Waals surface area contributed by atoms with Gasteiger partial charge in [0.25, 0.3) is 0 Å². The summed E-state index contributed by atoms with van der Waals surface area (Å²) in [7, 11) is 1.66. The molecule has 0 aromatic carbocycles. The first-order valence-corrected chi connectivity index (χ1v) is 7.91. The van der Waals surface area contributed by atoms with Crippen LogP contribution < -0.4 is 0 Å². The van der Waals surface area contributed by atoms with Crippen LogP contribution in [0.3, 0.4) is 0 Å². The maximum absolute atomic E-state index is 12.5. The molecule has 0 aromatic rings. The number of carbonyl (C=O) groups is 2. The summed E-state index contributed by atoms with van der Waals surface area (Å²) in [6.07, 6.45) is 4.58. The van der Waals surface area contributed by atoms with Crippen molar-refractivity contribution in [2.75, 3.05) is 26.7 Å². The molecule has 2 heterocycles. The zero-order valence-corrected chi connectivity index (χ0v) is 12.5. The number of carbonyl (C=O) groups excluding carboxylic acids is 1. The lowest BCUT2D eigenvalue weighted by Gasteiger charge is -2.32. The standard InChI is InChI=1S/C15H24N2O4/c1-21-11-4-5-12(14(18)19)13-9-16(8-10-2-3-10)15(20)17(13)7-6-11/h10-13H,2-9H2,1H3,(H,18,19)/t11?,12-,13+/m1/s1. The van der Waals surface area contributed by atoms with Gasteiger partial charge in [0.05, 0.1) is 18.1 Å². The third-order valence-corrected chi connectivity index (χ3v) is 5.11. The van der Waals surface area contributed by atoms with Gasteiger partial charge >= 0.3 is 12.0 Å². The molecule has 6 heteroatoms. The van der Waals surface area contributed by atoms with E-state index in [2.05, 4.69) is 0 Å². The number of carboxylic acid groups (broad SMARTS) is 1. The van der Waals surface area contributed by atoms with Gasteiger partial charge in [-0.2, -0.15) is 0 Å². The second kappa shape index (κ2) is 5.83. The van der Waals surface area contributed by atoms with Crippen molar-refractivity contribution in [1.29, 1.82) is 0 Å². The van der Waals surface area contributed by atoms with E-state index in [0.717, 1.165) is 19.4 Å². The molecule has 1 saturated carbocycles. The largest absolute Gasteiger partial charge is 0.481 e. The summed E-state index contributed by atoms with van der Waals surface area (Å²) in [5.74, 6) is -0.631. The first-order chi connectivity index (χ1) is 10.1. The van der Waals surface area contributed by atoms with E-state index in [4.69, 9.17) is 4.74 Å². The van der Waals surface area contributed by atoms with Crippen molar-refractivity contribution in [1.82, 2.24) is 9.80 Å². The Morgan fingerprint density at radius 3 is 2.67 bits per heavy atom. The Morgan fingerprint density at radius 1 is 1.29 bits per heavy atom. The van der Waals surface area contributed by atoms with Crippen molar-refractivity contribution >= 4 is 12.0 Å². The Hall–Kier alpha value is -1.30. The molecule has 3 aliphatic rings. The minimum Gasteiger partial charge on any atom is -0.481 e. The highest BCUT2D eigenvalue weighted by Gasteiger charge is 2.46. The average Bonchev–Trinajstić information content (AvgIpc) is 3.19. The monoisotopic (exact) mass is 296 g/mol. The third-order valence-electron chi connectivity index (χ3n) is 5.11. The molecule has 2 amide bonds. The maximum Gasteiger partial charge on any atom is 0.320 e. The number of urea groups is 1. The van der Waals surface area contributed by atoms with Crippen LogP contribution >= 0.6 is 0 Å². The Bertz CT molecular complexity index is 424. The first-order valence-electron chi connectivity index (χ1n) is 7.91. The van der Waals surface area contributed by atoms with E-state index < -0.39 is 11.9 Å². The first kappa shape index (κ1) is 14.6. The predicted octanol–water partition coefficient (Wildman–Crippen LogP) is 1.40. The molecule has 21 heavy (non-hydrogen) atoms. The van der Waals surface area contributed by atoms with Crippen LogP contribution in [0.15, 0.2) is 0 Å². The number of hydrogen-bond donors (Lipinski definition) is 1. The summed E-state index contributed by atoms with van der Waals surface area (Å²) in [5, 5.41) is 9.53. The van der Waals surface area contributed by atoms with E-state index in [1.165, 1.54) is 12.8 Å². The lowest BCUT2D eigenvalue weighted by Crippen LogP contribution is -2.45. The molecule has 118 valence electrons. The zero-order valence-electron chi connectivity index (χ0n) is 12.5. The van der Waals surface area contributed by atoms with Gasteiger partial charge < -0.3 is 19.6 Å². The second-order valence-electron chi connectivity index (χ2n) is 6.56. The summed E-state index contributed by atoms with van der Waals surface area (Å²) in [5.41, 5.74) is 0. The average molecular weight is 296 g/mol. The fraction of sp³-hybridized carbons (Fsp3) is 0.867. The highest BCUT2D eigenvalue weighted by molar-refractivity contribution is 5.80. The number of nitrogens with zero attached hydrogens (tertiary/aromatic N) is 2. The van der Waals surface area contributed by atoms with Crippen LogP contribution in [0.5, 0.6) is 0 Å². The maximum atomic E-state index is 12.5. The molecule has 1 unspecified atom stereocenters. The van der Waals surface area contributed by atoms with E-state index in [9.17, 15) is 14.7 Å². The van der Waals surface area contributed by atoms with Gasteiger partial charge in [0, 0.05) is 26.7 Å². The lowest BCUT2D eigenvalue weighted by molar-refractivity contribution is -0.144. The Labute approximate surface area is 125 Å². The normalized spacial score (nSPS) is 33.6. The van der Waals surface area contributed by atoms with Crippen LogP contribution in [-0.4, -0.2) is 65.8 Å². The van der Waals surface area contributed by atoms with Gasteiger partial charge in [-0.05, 0) is 38.0 Å².